The molecule has 4 saturated carbocycles. The van der Waals surface area contributed by atoms with Crippen molar-refractivity contribution in [1.82, 2.24) is 5.32 Å². The molecule has 4 bridgehead atoms. The van der Waals surface area contributed by atoms with Crippen LogP contribution in [-0.4, -0.2) is 23.5 Å². The number of aryl methyl sites for hydroxylation is 1. The number of carbonyl (C=O) groups is 2. The average molecular weight is 395 g/mol. The summed E-state index contributed by atoms with van der Waals surface area (Å²) in [5, 5.41) is 4.20. The van der Waals surface area contributed by atoms with Crippen LogP contribution in [0.4, 0.5) is 0 Å². The van der Waals surface area contributed by atoms with Crippen molar-refractivity contribution in [2.45, 2.75) is 70.4 Å². The minimum Gasteiger partial charge on any atom is -0.464 e. The van der Waals surface area contributed by atoms with E-state index in [1.54, 1.807) is 13.2 Å². The van der Waals surface area contributed by atoms with Crippen LogP contribution in [0.2, 0.25) is 0 Å². The summed E-state index contributed by atoms with van der Waals surface area (Å²) in [5.74, 6) is 1.72. The van der Waals surface area contributed by atoms with Crippen LogP contribution in [0, 0.1) is 24.7 Å². The molecule has 1 amide bonds. The number of fused-ring (bicyclic) bond motifs is 1. The molecule has 1 aromatic carbocycles. The van der Waals surface area contributed by atoms with E-state index in [1.165, 1.54) is 19.3 Å². The first-order chi connectivity index (χ1) is 13.9. The van der Waals surface area contributed by atoms with E-state index in [4.69, 9.17) is 9.15 Å². The van der Waals surface area contributed by atoms with Crippen LogP contribution in [0.3, 0.4) is 0 Å². The maximum Gasteiger partial charge on any atom is 0.311 e. The zero-order valence-corrected chi connectivity index (χ0v) is 17.2. The van der Waals surface area contributed by atoms with E-state index in [9.17, 15) is 9.59 Å². The lowest BCUT2D eigenvalue weighted by atomic mass is 9.53. The fourth-order valence-electron chi connectivity index (χ4n) is 6.40. The Hall–Kier alpha value is -2.30. The van der Waals surface area contributed by atoms with Gasteiger partial charge in [-0.25, -0.2) is 0 Å². The van der Waals surface area contributed by atoms with Crippen molar-refractivity contribution in [3.05, 3.63) is 35.6 Å². The van der Waals surface area contributed by atoms with Gasteiger partial charge in [-0.3, -0.25) is 9.59 Å². The van der Waals surface area contributed by atoms with Gasteiger partial charge >= 0.3 is 5.97 Å². The largest absolute Gasteiger partial charge is 0.464 e. The van der Waals surface area contributed by atoms with Crippen molar-refractivity contribution in [3.63, 3.8) is 0 Å². The highest BCUT2D eigenvalue weighted by Gasteiger charge is 2.51. The fourth-order valence-corrected chi connectivity index (χ4v) is 6.40. The summed E-state index contributed by atoms with van der Waals surface area (Å²) in [7, 11) is 0. The summed E-state index contributed by atoms with van der Waals surface area (Å²) < 4.78 is 11.0. The van der Waals surface area contributed by atoms with Gasteiger partial charge in [0, 0.05) is 16.5 Å². The molecule has 6 rings (SSSR count). The Morgan fingerprint density at radius 1 is 1.17 bits per heavy atom. The Labute approximate surface area is 171 Å². The number of nitrogens with one attached hydrogen (secondary N) is 1. The van der Waals surface area contributed by atoms with Crippen molar-refractivity contribution >= 4 is 22.8 Å². The lowest BCUT2D eigenvalue weighted by Crippen LogP contribution is -2.61. The van der Waals surface area contributed by atoms with Crippen LogP contribution in [0.1, 0.15) is 56.6 Å². The second-order valence-electron chi connectivity index (χ2n) is 9.76. The Balaban J connectivity index is 1.20. The Morgan fingerprint density at radius 3 is 2.48 bits per heavy atom. The van der Waals surface area contributed by atoms with Crippen molar-refractivity contribution in [3.8, 4) is 0 Å². The second kappa shape index (κ2) is 6.89. The molecule has 0 spiro atoms. The number of amides is 1. The van der Waals surface area contributed by atoms with Gasteiger partial charge in [0.25, 0.3) is 5.91 Å². The molecule has 0 unspecified atom stereocenters. The maximum atomic E-state index is 12.8. The summed E-state index contributed by atoms with van der Waals surface area (Å²) in [5.41, 5.74) is 2.60. The van der Waals surface area contributed by atoms with Gasteiger partial charge in [-0.05, 0) is 81.8 Å². The van der Waals surface area contributed by atoms with E-state index in [0.29, 0.717) is 0 Å². The Morgan fingerprint density at radius 2 is 1.83 bits per heavy atom. The van der Waals surface area contributed by atoms with Gasteiger partial charge in [-0.1, -0.05) is 12.1 Å². The number of esters is 1. The topological polar surface area (TPSA) is 68.5 Å². The molecule has 1 aromatic heterocycles. The summed E-state index contributed by atoms with van der Waals surface area (Å²) in [6.07, 6.45) is 8.18. The predicted octanol–water partition coefficient (Wildman–Crippen LogP) is 4.30. The highest BCUT2D eigenvalue weighted by molar-refractivity contribution is 5.88. The van der Waals surface area contributed by atoms with E-state index >= 15 is 0 Å². The van der Waals surface area contributed by atoms with Gasteiger partial charge in [-0.15, -0.1) is 0 Å². The molecular formula is C24H29NO4. The van der Waals surface area contributed by atoms with E-state index in [1.807, 2.05) is 25.1 Å². The molecule has 0 saturated heterocycles. The smallest absolute Gasteiger partial charge is 0.311 e. The van der Waals surface area contributed by atoms with Gasteiger partial charge < -0.3 is 14.5 Å². The summed E-state index contributed by atoms with van der Waals surface area (Å²) in [4.78, 5) is 25.3. The van der Waals surface area contributed by atoms with Gasteiger partial charge in [0.1, 0.15) is 5.58 Å². The van der Waals surface area contributed by atoms with E-state index in [2.05, 4.69) is 5.32 Å². The highest BCUT2D eigenvalue weighted by atomic mass is 16.5. The van der Waals surface area contributed by atoms with Gasteiger partial charge in [0.2, 0.25) is 0 Å². The molecule has 1 atom stereocenters. The first-order valence-corrected chi connectivity index (χ1v) is 10.9. The van der Waals surface area contributed by atoms with Crippen LogP contribution < -0.4 is 5.32 Å². The molecule has 0 radical (unpaired) electrons. The zero-order chi connectivity index (χ0) is 20.2. The summed E-state index contributed by atoms with van der Waals surface area (Å²) >= 11 is 0. The number of hydrogen-bond donors (Lipinski definition) is 1. The highest BCUT2D eigenvalue weighted by Crippen LogP contribution is 2.55. The number of ether oxygens (including phenoxy) is 1. The average Bonchev–Trinajstić information content (AvgIpc) is 3.01. The van der Waals surface area contributed by atoms with Crippen LogP contribution >= 0.6 is 0 Å². The van der Waals surface area contributed by atoms with Gasteiger partial charge in [0.05, 0.1) is 12.7 Å². The lowest BCUT2D eigenvalue weighted by Gasteiger charge is -2.57. The first kappa shape index (κ1) is 18.7. The molecule has 1 N–H and O–H groups in total. The molecule has 4 aliphatic rings. The molecule has 0 aliphatic heterocycles. The third-order valence-electron chi connectivity index (χ3n) is 7.25. The zero-order valence-electron chi connectivity index (χ0n) is 17.2. The van der Waals surface area contributed by atoms with Crippen LogP contribution in [0.25, 0.3) is 11.0 Å². The van der Waals surface area contributed by atoms with E-state index in [-0.39, 0.29) is 17.9 Å². The molecule has 154 valence electrons. The third kappa shape index (κ3) is 3.56. The molecule has 2 aromatic rings. The Bertz CT molecular complexity index is 924. The number of carbonyl (C=O) groups excluding carboxylic acids is 2. The molecule has 1 heterocycles. The maximum absolute atomic E-state index is 12.8. The fraction of sp³-hybridized carbons (Fsp3) is 0.583. The van der Waals surface area contributed by atoms with Crippen LogP contribution in [0.5, 0.6) is 0 Å². The molecule has 29 heavy (non-hydrogen) atoms. The van der Waals surface area contributed by atoms with E-state index < -0.39 is 12.1 Å². The van der Waals surface area contributed by atoms with Gasteiger partial charge in [-0.2, -0.15) is 0 Å². The normalized spacial score (nSPS) is 31.0. The SMILES string of the molecule is Cc1ccc2c(CC(=O)O[C@H](C)C(=O)NC34CC5CC(CC(C5)C3)C4)coc2c1. The number of furan rings is 1. The second-order valence-corrected chi connectivity index (χ2v) is 9.76. The van der Waals surface area contributed by atoms with Crippen molar-refractivity contribution in [2.24, 2.45) is 17.8 Å². The third-order valence-corrected chi connectivity index (χ3v) is 7.25. The summed E-state index contributed by atoms with van der Waals surface area (Å²) in [6, 6.07) is 5.90. The van der Waals surface area contributed by atoms with Crippen LogP contribution in [0.15, 0.2) is 28.9 Å². The van der Waals surface area contributed by atoms with Crippen LogP contribution in [-0.2, 0) is 20.7 Å². The number of hydrogen-bond acceptors (Lipinski definition) is 4. The monoisotopic (exact) mass is 395 g/mol. The Kier molecular flexibility index (Phi) is 4.45. The molecule has 4 fully saturated rings. The van der Waals surface area contributed by atoms with Gasteiger partial charge in [0.15, 0.2) is 6.10 Å². The quantitative estimate of drug-likeness (QED) is 0.767. The van der Waals surface area contributed by atoms with Crippen molar-refractivity contribution in [2.75, 3.05) is 0 Å². The predicted molar refractivity (Wildman–Crippen MR) is 109 cm³/mol. The van der Waals surface area contributed by atoms with Crippen molar-refractivity contribution < 1.29 is 18.7 Å². The molecule has 4 aliphatic carbocycles. The lowest BCUT2D eigenvalue weighted by molar-refractivity contribution is -0.156. The minimum atomic E-state index is -0.782. The molecular weight excluding hydrogens is 366 g/mol. The standard InChI is InChI=1S/C24H29NO4/c1-14-3-4-20-19(13-28-21(20)5-14)9-22(26)29-15(2)23(27)25-24-10-16-6-17(11-24)8-18(7-16)12-24/h3-5,13,15-18H,6-12H2,1-2H3,(H,25,27)/t15-,16?,17?,18?,24?/m1/s1. The molecule has 5 nitrogen and oxygen atoms in total. The van der Waals surface area contributed by atoms with Crippen molar-refractivity contribution in [1.29, 1.82) is 0 Å². The van der Waals surface area contributed by atoms with E-state index in [0.717, 1.165) is 59.1 Å². The summed E-state index contributed by atoms with van der Waals surface area (Å²) in [6.45, 7) is 3.67. The number of rotatable bonds is 5. The minimum absolute atomic E-state index is 0.0644. The molecule has 5 heteroatoms. The number of benzene rings is 1. The first-order valence-electron chi connectivity index (χ1n) is 10.9.